The fraction of sp³-hybridized carbons (Fsp3) is 0.476. The van der Waals surface area contributed by atoms with Gasteiger partial charge in [0.05, 0.1) is 18.7 Å². The first-order valence-corrected chi connectivity index (χ1v) is 10.1. The van der Waals surface area contributed by atoms with Crippen LogP contribution >= 0.6 is 0 Å². The van der Waals surface area contributed by atoms with Crippen molar-refractivity contribution in [3.05, 3.63) is 47.0 Å². The molecule has 170 valence electrons. The highest BCUT2D eigenvalue weighted by Gasteiger charge is 2.13. The smallest absolute Gasteiger partial charge is 0.335 e. The summed E-state index contributed by atoms with van der Waals surface area (Å²) in [5.74, 6) is 1.14. The van der Waals surface area contributed by atoms with Crippen LogP contribution in [0.4, 0.5) is 0 Å². The monoisotopic (exact) mass is 433 g/mol. The summed E-state index contributed by atoms with van der Waals surface area (Å²) in [6.07, 6.45) is 3.28. The normalized spacial score (nSPS) is 10.2. The van der Waals surface area contributed by atoms with Crippen molar-refractivity contribution in [2.24, 2.45) is 5.92 Å². The number of rotatable bonds is 11. The van der Waals surface area contributed by atoms with E-state index in [9.17, 15) is 9.59 Å². The van der Waals surface area contributed by atoms with Crippen LogP contribution in [0.1, 0.15) is 67.6 Å². The SMILES string of the molecule is CCCc1nnc(CNC(=O)CCC(C)C)n1Cc1ccc(C(=O)O)cc1.O=CNO. The average Bonchev–Trinajstić information content (AvgIpc) is 3.12. The molecule has 0 saturated carbocycles. The average molecular weight is 434 g/mol. The molecule has 0 fully saturated rings. The van der Waals surface area contributed by atoms with Crippen LogP contribution in [0.2, 0.25) is 0 Å². The lowest BCUT2D eigenvalue weighted by molar-refractivity contribution is -0.121. The number of hydrogen-bond donors (Lipinski definition) is 4. The molecule has 1 heterocycles. The van der Waals surface area contributed by atoms with E-state index >= 15 is 0 Å². The summed E-state index contributed by atoms with van der Waals surface area (Å²) in [7, 11) is 0. The van der Waals surface area contributed by atoms with Crippen LogP contribution in [-0.4, -0.2) is 43.4 Å². The van der Waals surface area contributed by atoms with Gasteiger partial charge in [0, 0.05) is 12.8 Å². The molecule has 2 aromatic rings. The second-order valence-electron chi connectivity index (χ2n) is 7.33. The minimum Gasteiger partial charge on any atom is -0.478 e. The summed E-state index contributed by atoms with van der Waals surface area (Å²) in [5, 5.41) is 27.7. The minimum absolute atomic E-state index is 0.0149. The second kappa shape index (κ2) is 13.9. The molecule has 0 radical (unpaired) electrons. The third-order valence-electron chi connectivity index (χ3n) is 4.36. The molecular weight excluding hydrogens is 402 g/mol. The van der Waals surface area contributed by atoms with E-state index in [2.05, 4.69) is 36.3 Å². The largest absolute Gasteiger partial charge is 0.478 e. The third-order valence-corrected chi connectivity index (χ3v) is 4.36. The Labute approximate surface area is 181 Å². The van der Waals surface area contributed by atoms with E-state index in [1.807, 2.05) is 4.57 Å². The Morgan fingerprint density at radius 1 is 1.16 bits per heavy atom. The maximum Gasteiger partial charge on any atom is 0.335 e. The number of carbonyl (C=O) groups excluding carboxylic acids is 2. The number of carboxylic acids is 1. The van der Waals surface area contributed by atoms with Crippen LogP contribution < -0.4 is 10.8 Å². The van der Waals surface area contributed by atoms with Gasteiger partial charge in [0.15, 0.2) is 5.82 Å². The summed E-state index contributed by atoms with van der Waals surface area (Å²) >= 11 is 0. The Balaban J connectivity index is 0.00000110. The third kappa shape index (κ3) is 9.39. The van der Waals surface area contributed by atoms with Gasteiger partial charge in [-0.25, -0.2) is 10.3 Å². The van der Waals surface area contributed by atoms with E-state index in [1.165, 1.54) is 5.48 Å². The van der Waals surface area contributed by atoms with E-state index in [0.717, 1.165) is 30.7 Å². The van der Waals surface area contributed by atoms with Crippen LogP contribution in [0.3, 0.4) is 0 Å². The summed E-state index contributed by atoms with van der Waals surface area (Å²) in [4.78, 5) is 31.8. The minimum atomic E-state index is -0.942. The number of hydrogen-bond acceptors (Lipinski definition) is 6. The first kappa shape index (κ1) is 25.8. The van der Waals surface area contributed by atoms with Gasteiger partial charge in [-0.05, 0) is 36.5 Å². The number of nitrogens with one attached hydrogen (secondary N) is 2. The van der Waals surface area contributed by atoms with Crippen LogP contribution in [0.5, 0.6) is 0 Å². The molecule has 4 N–H and O–H groups in total. The van der Waals surface area contributed by atoms with Crippen molar-refractivity contribution in [1.82, 2.24) is 25.6 Å². The molecule has 10 nitrogen and oxygen atoms in total. The molecule has 10 heteroatoms. The van der Waals surface area contributed by atoms with E-state index in [4.69, 9.17) is 15.1 Å². The zero-order valence-electron chi connectivity index (χ0n) is 18.2. The topological polar surface area (TPSA) is 146 Å². The lowest BCUT2D eigenvalue weighted by atomic mass is 10.1. The fourth-order valence-corrected chi connectivity index (χ4v) is 2.72. The molecule has 2 amide bonds. The number of carbonyl (C=O) groups is 3. The highest BCUT2D eigenvalue weighted by molar-refractivity contribution is 5.87. The molecule has 1 aromatic carbocycles. The molecule has 0 saturated heterocycles. The number of nitrogens with zero attached hydrogens (tertiary/aromatic N) is 3. The van der Waals surface area contributed by atoms with E-state index in [-0.39, 0.29) is 17.9 Å². The van der Waals surface area contributed by atoms with Crippen molar-refractivity contribution in [2.75, 3.05) is 0 Å². The lowest BCUT2D eigenvalue weighted by Gasteiger charge is -2.12. The Bertz CT molecular complexity index is 833. The van der Waals surface area contributed by atoms with Crippen LogP contribution in [-0.2, 0) is 29.1 Å². The van der Waals surface area contributed by atoms with Gasteiger partial charge in [-0.15, -0.1) is 10.2 Å². The Morgan fingerprint density at radius 2 is 1.77 bits per heavy atom. The van der Waals surface area contributed by atoms with Crippen molar-refractivity contribution in [3.8, 4) is 0 Å². The van der Waals surface area contributed by atoms with Crippen molar-refractivity contribution < 1.29 is 24.7 Å². The van der Waals surface area contributed by atoms with Gasteiger partial charge in [0.1, 0.15) is 5.82 Å². The molecule has 0 aliphatic rings. The molecule has 0 atom stereocenters. The van der Waals surface area contributed by atoms with Gasteiger partial charge in [-0.2, -0.15) is 0 Å². The number of aryl methyl sites for hydroxylation is 1. The Hall–Kier alpha value is -3.27. The number of aromatic nitrogens is 3. The van der Waals surface area contributed by atoms with Gasteiger partial charge in [0.25, 0.3) is 0 Å². The zero-order chi connectivity index (χ0) is 23.2. The molecule has 31 heavy (non-hydrogen) atoms. The zero-order valence-corrected chi connectivity index (χ0v) is 18.2. The molecule has 1 aromatic heterocycles. The Kier molecular flexibility index (Phi) is 11.5. The maximum absolute atomic E-state index is 12.0. The fourth-order valence-electron chi connectivity index (χ4n) is 2.72. The molecule has 0 spiro atoms. The highest BCUT2D eigenvalue weighted by Crippen LogP contribution is 2.12. The van der Waals surface area contributed by atoms with Crippen LogP contribution in [0.15, 0.2) is 24.3 Å². The molecule has 0 aliphatic carbocycles. The molecule has 2 rings (SSSR count). The molecule has 0 unspecified atom stereocenters. The van der Waals surface area contributed by atoms with Crippen LogP contribution in [0, 0.1) is 5.92 Å². The lowest BCUT2D eigenvalue weighted by Crippen LogP contribution is -2.25. The summed E-state index contributed by atoms with van der Waals surface area (Å²) in [6, 6.07) is 6.78. The Morgan fingerprint density at radius 3 is 2.29 bits per heavy atom. The number of carboxylic acid groups (broad SMARTS) is 1. The van der Waals surface area contributed by atoms with E-state index in [0.29, 0.717) is 31.3 Å². The van der Waals surface area contributed by atoms with Gasteiger partial charge in [-0.3, -0.25) is 14.8 Å². The van der Waals surface area contributed by atoms with Crippen molar-refractivity contribution in [3.63, 3.8) is 0 Å². The molecule has 0 aliphatic heterocycles. The van der Waals surface area contributed by atoms with Gasteiger partial charge < -0.3 is 15.0 Å². The molecular formula is C21H31N5O5. The second-order valence-corrected chi connectivity index (χ2v) is 7.33. The first-order valence-electron chi connectivity index (χ1n) is 10.1. The van der Waals surface area contributed by atoms with E-state index < -0.39 is 5.97 Å². The predicted octanol–water partition coefficient (Wildman–Crippen LogP) is 2.15. The first-order chi connectivity index (χ1) is 14.8. The summed E-state index contributed by atoms with van der Waals surface area (Å²) < 4.78 is 2.00. The van der Waals surface area contributed by atoms with Crippen molar-refractivity contribution in [2.45, 2.75) is 59.5 Å². The maximum atomic E-state index is 12.0. The number of benzene rings is 1. The van der Waals surface area contributed by atoms with Crippen LogP contribution in [0.25, 0.3) is 0 Å². The van der Waals surface area contributed by atoms with Crippen molar-refractivity contribution in [1.29, 1.82) is 0 Å². The van der Waals surface area contributed by atoms with Gasteiger partial charge >= 0.3 is 5.97 Å². The van der Waals surface area contributed by atoms with Gasteiger partial charge in [-0.1, -0.05) is 32.9 Å². The van der Waals surface area contributed by atoms with E-state index in [1.54, 1.807) is 24.3 Å². The predicted molar refractivity (Wildman–Crippen MR) is 113 cm³/mol. The standard InChI is InChI=1S/C20H28N4O3.CH3NO2/c1-4-5-17-22-23-18(12-21-19(25)11-6-14(2)3)24(17)13-15-7-9-16(10-8-15)20(26)27;3-1-2-4/h7-10,14H,4-6,11-13H2,1-3H3,(H,21,25)(H,26,27);1,4H,(H,2,3). The number of hydroxylamine groups is 1. The molecule has 0 bridgehead atoms. The number of amides is 2. The van der Waals surface area contributed by atoms with Crippen molar-refractivity contribution >= 4 is 18.3 Å². The highest BCUT2D eigenvalue weighted by atomic mass is 16.5. The quantitative estimate of drug-likeness (QED) is 0.241. The number of aromatic carboxylic acids is 1. The summed E-state index contributed by atoms with van der Waals surface area (Å²) in [6.45, 7) is 7.14. The van der Waals surface area contributed by atoms with Gasteiger partial charge in [0.2, 0.25) is 12.3 Å². The summed E-state index contributed by atoms with van der Waals surface area (Å²) in [5.41, 5.74) is 2.47.